The van der Waals surface area contributed by atoms with Crippen LogP contribution < -0.4 is 15.1 Å². The molecule has 1 aliphatic heterocycles. The molecule has 2 amide bonds. The van der Waals surface area contributed by atoms with E-state index in [1.165, 1.54) is 29.8 Å². The number of hydrogen-bond donors (Lipinski definition) is 1. The first kappa shape index (κ1) is 18.0. The molecule has 2 aromatic rings. The van der Waals surface area contributed by atoms with E-state index in [4.69, 9.17) is 0 Å². The van der Waals surface area contributed by atoms with Crippen LogP contribution in [0.3, 0.4) is 0 Å². The average Bonchev–Trinajstić information content (AvgIpc) is 2.69. The van der Waals surface area contributed by atoms with Gasteiger partial charge < -0.3 is 15.1 Å². The van der Waals surface area contributed by atoms with E-state index >= 15 is 0 Å². The Balaban J connectivity index is 1.53. The average molecular weight is 351 g/mol. The quantitative estimate of drug-likeness (QED) is 0.836. The SMILES string of the molecule is CN(C(=O)CC(=O)Nc1ccc(N2CCCCC2)cc1)c1ccccc1. The van der Waals surface area contributed by atoms with Gasteiger partial charge in [0.1, 0.15) is 6.42 Å². The summed E-state index contributed by atoms with van der Waals surface area (Å²) in [4.78, 5) is 28.3. The maximum Gasteiger partial charge on any atom is 0.236 e. The highest BCUT2D eigenvalue weighted by Crippen LogP contribution is 2.22. The Morgan fingerprint density at radius 2 is 1.62 bits per heavy atom. The van der Waals surface area contributed by atoms with E-state index in [-0.39, 0.29) is 18.2 Å². The fourth-order valence-corrected chi connectivity index (χ4v) is 3.16. The third-order valence-electron chi connectivity index (χ3n) is 4.70. The topological polar surface area (TPSA) is 52.7 Å². The van der Waals surface area contributed by atoms with Crippen molar-refractivity contribution >= 4 is 28.9 Å². The third-order valence-corrected chi connectivity index (χ3v) is 4.70. The number of carbonyl (C=O) groups is 2. The van der Waals surface area contributed by atoms with E-state index in [1.807, 2.05) is 54.6 Å². The van der Waals surface area contributed by atoms with E-state index in [1.54, 1.807) is 7.05 Å². The number of nitrogens with zero attached hydrogens (tertiary/aromatic N) is 2. The number of rotatable bonds is 5. The maximum atomic E-state index is 12.3. The van der Waals surface area contributed by atoms with Crippen molar-refractivity contribution in [2.24, 2.45) is 0 Å². The molecule has 0 radical (unpaired) electrons. The van der Waals surface area contributed by atoms with E-state index in [9.17, 15) is 9.59 Å². The lowest BCUT2D eigenvalue weighted by molar-refractivity contribution is -0.125. The monoisotopic (exact) mass is 351 g/mol. The van der Waals surface area contributed by atoms with E-state index in [2.05, 4.69) is 10.2 Å². The molecule has 1 saturated heterocycles. The molecule has 5 nitrogen and oxygen atoms in total. The van der Waals surface area contributed by atoms with Gasteiger partial charge in [0.25, 0.3) is 0 Å². The summed E-state index contributed by atoms with van der Waals surface area (Å²) in [6, 6.07) is 17.1. The number of benzene rings is 2. The molecular weight excluding hydrogens is 326 g/mol. The summed E-state index contributed by atoms with van der Waals surface area (Å²) in [6.07, 6.45) is 3.58. The fourth-order valence-electron chi connectivity index (χ4n) is 3.16. The first-order valence-electron chi connectivity index (χ1n) is 9.10. The second kappa shape index (κ2) is 8.52. The van der Waals surface area contributed by atoms with E-state index in [0.29, 0.717) is 5.69 Å². The number of para-hydroxylation sites is 1. The number of amides is 2. The van der Waals surface area contributed by atoms with Crippen LogP contribution in [0.2, 0.25) is 0 Å². The number of nitrogens with one attached hydrogen (secondary N) is 1. The van der Waals surface area contributed by atoms with Crippen LogP contribution in [0.1, 0.15) is 25.7 Å². The van der Waals surface area contributed by atoms with Crippen LogP contribution >= 0.6 is 0 Å². The molecule has 0 bridgehead atoms. The Bertz CT molecular complexity index is 738. The van der Waals surface area contributed by atoms with Gasteiger partial charge in [-0.3, -0.25) is 9.59 Å². The number of anilines is 3. The van der Waals surface area contributed by atoms with Gasteiger partial charge >= 0.3 is 0 Å². The highest BCUT2D eigenvalue weighted by Gasteiger charge is 2.16. The molecule has 0 aromatic heterocycles. The summed E-state index contributed by atoms with van der Waals surface area (Å²) in [5.74, 6) is -0.540. The molecule has 0 saturated carbocycles. The van der Waals surface area contributed by atoms with Crippen molar-refractivity contribution in [3.63, 3.8) is 0 Å². The largest absolute Gasteiger partial charge is 0.372 e. The second-order valence-electron chi connectivity index (χ2n) is 6.61. The fraction of sp³-hybridized carbons (Fsp3) is 0.333. The Morgan fingerprint density at radius 1 is 0.962 bits per heavy atom. The zero-order valence-corrected chi connectivity index (χ0v) is 15.1. The molecule has 1 N–H and O–H groups in total. The minimum Gasteiger partial charge on any atom is -0.372 e. The van der Waals surface area contributed by atoms with Crippen molar-refractivity contribution in [2.75, 3.05) is 35.3 Å². The molecule has 5 heteroatoms. The summed E-state index contributed by atoms with van der Waals surface area (Å²) in [5.41, 5.74) is 2.67. The zero-order chi connectivity index (χ0) is 18.4. The highest BCUT2D eigenvalue weighted by atomic mass is 16.2. The van der Waals surface area contributed by atoms with Gasteiger partial charge in [-0.1, -0.05) is 18.2 Å². The standard InChI is InChI=1S/C21H25N3O2/c1-23(18-8-4-2-5-9-18)21(26)16-20(25)22-17-10-12-19(13-11-17)24-14-6-3-7-15-24/h2,4-5,8-13H,3,6-7,14-16H2,1H3,(H,22,25). The predicted molar refractivity (Wildman–Crippen MR) is 106 cm³/mol. The lowest BCUT2D eigenvalue weighted by Crippen LogP contribution is -2.30. The summed E-state index contributed by atoms with van der Waals surface area (Å²) in [7, 11) is 1.68. The first-order valence-corrected chi connectivity index (χ1v) is 9.10. The van der Waals surface area contributed by atoms with Gasteiger partial charge in [-0.05, 0) is 55.7 Å². The minimum absolute atomic E-state index is 0.181. The number of carbonyl (C=O) groups excluding carboxylic acids is 2. The number of piperidine rings is 1. The Kier molecular flexibility index (Phi) is 5.89. The summed E-state index contributed by atoms with van der Waals surface area (Å²) in [5, 5.41) is 2.80. The molecule has 0 spiro atoms. The molecule has 0 unspecified atom stereocenters. The molecule has 1 fully saturated rings. The maximum absolute atomic E-state index is 12.3. The Labute approximate surface area is 154 Å². The zero-order valence-electron chi connectivity index (χ0n) is 15.1. The van der Waals surface area contributed by atoms with Gasteiger partial charge in [-0.2, -0.15) is 0 Å². The van der Waals surface area contributed by atoms with Crippen molar-refractivity contribution in [3.8, 4) is 0 Å². The Morgan fingerprint density at radius 3 is 2.27 bits per heavy atom. The Hall–Kier alpha value is -2.82. The van der Waals surface area contributed by atoms with Crippen molar-refractivity contribution in [3.05, 3.63) is 54.6 Å². The molecule has 3 rings (SSSR count). The van der Waals surface area contributed by atoms with Crippen LogP contribution in [-0.4, -0.2) is 32.0 Å². The number of hydrogen-bond acceptors (Lipinski definition) is 3. The summed E-state index contributed by atoms with van der Waals surface area (Å²) in [6.45, 7) is 2.18. The summed E-state index contributed by atoms with van der Waals surface area (Å²) < 4.78 is 0. The summed E-state index contributed by atoms with van der Waals surface area (Å²) >= 11 is 0. The van der Waals surface area contributed by atoms with Gasteiger partial charge in [0.2, 0.25) is 11.8 Å². The molecule has 0 atom stereocenters. The molecule has 0 aliphatic carbocycles. The van der Waals surface area contributed by atoms with Gasteiger partial charge in [0.15, 0.2) is 0 Å². The minimum atomic E-state index is -0.302. The highest BCUT2D eigenvalue weighted by molar-refractivity contribution is 6.08. The van der Waals surface area contributed by atoms with Crippen molar-refractivity contribution < 1.29 is 9.59 Å². The third kappa shape index (κ3) is 4.63. The van der Waals surface area contributed by atoms with Crippen LogP contribution in [0.5, 0.6) is 0 Å². The second-order valence-corrected chi connectivity index (χ2v) is 6.61. The van der Waals surface area contributed by atoms with Crippen LogP contribution in [0.25, 0.3) is 0 Å². The van der Waals surface area contributed by atoms with Crippen molar-refractivity contribution in [2.45, 2.75) is 25.7 Å². The lowest BCUT2D eigenvalue weighted by atomic mass is 10.1. The van der Waals surface area contributed by atoms with Crippen LogP contribution in [0.15, 0.2) is 54.6 Å². The van der Waals surface area contributed by atoms with Gasteiger partial charge in [0, 0.05) is 37.2 Å². The normalized spacial score (nSPS) is 14.0. The molecular formula is C21H25N3O2. The first-order chi connectivity index (χ1) is 12.6. The smallest absolute Gasteiger partial charge is 0.236 e. The van der Waals surface area contributed by atoms with Crippen molar-refractivity contribution in [1.82, 2.24) is 0 Å². The van der Waals surface area contributed by atoms with Crippen LogP contribution in [-0.2, 0) is 9.59 Å². The van der Waals surface area contributed by atoms with Crippen molar-refractivity contribution in [1.29, 1.82) is 0 Å². The predicted octanol–water partition coefficient (Wildman–Crippen LogP) is 3.67. The molecule has 136 valence electrons. The van der Waals surface area contributed by atoms with E-state index < -0.39 is 0 Å². The van der Waals surface area contributed by atoms with Gasteiger partial charge in [-0.25, -0.2) is 0 Å². The van der Waals surface area contributed by atoms with Crippen LogP contribution in [0.4, 0.5) is 17.1 Å². The lowest BCUT2D eigenvalue weighted by Gasteiger charge is -2.28. The molecule has 26 heavy (non-hydrogen) atoms. The molecule has 1 heterocycles. The van der Waals surface area contributed by atoms with Gasteiger partial charge in [-0.15, -0.1) is 0 Å². The van der Waals surface area contributed by atoms with Gasteiger partial charge in [0.05, 0.1) is 0 Å². The molecule has 1 aliphatic rings. The molecule has 2 aromatic carbocycles. The van der Waals surface area contributed by atoms with E-state index in [0.717, 1.165) is 18.8 Å². The van der Waals surface area contributed by atoms with Crippen LogP contribution in [0, 0.1) is 0 Å².